The van der Waals surface area contributed by atoms with Gasteiger partial charge >= 0.3 is 0 Å². The van der Waals surface area contributed by atoms with Gasteiger partial charge in [-0.15, -0.1) is 0 Å². The molecule has 0 fully saturated rings. The third-order valence-electron chi connectivity index (χ3n) is 3.95. The molecule has 0 spiro atoms. The fraction of sp³-hybridized carbons (Fsp3) is 0.333. The van der Waals surface area contributed by atoms with Gasteiger partial charge in [0, 0.05) is 23.6 Å². The van der Waals surface area contributed by atoms with Gasteiger partial charge in [-0.2, -0.15) is 11.8 Å². The molecule has 2 N–H and O–H groups in total. The summed E-state index contributed by atoms with van der Waals surface area (Å²) in [5.74, 6) is 2.17. The highest BCUT2D eigenvalue weighted by Gasteiger charge is 2.22. The van der Waals surface area contributed by atoms with Crippen LogP contribution in [0.3, 0.4) is 0 Å². The molecule has 3 rings (SSSR count). The average molecular weight is 299 g/mol. The minimum Gasteiger partial charge on any atom is -0.395 e. The molecule has 0 saturated carbocycles. The van der Waals surface area contributed by atoms with Crippen molar-refractivity contribution in [3.63, 3.8) is 0 Å². The molecule has 0 radical (unpaired) electrons. The Morgan fingerprint density at radius 3 is 2.67 bits per heavy atom. The molecule has 2 aromatic rings. The smallest absolute Gasteiger partial charge is 0.0588 e. The van der Waals surface area contributed by atoms with Crippen LogP contribution < -0.4 is 5.32 Å². The normalized spacial score (nSPS) is 19.0. The number of fused-ring (bicyclic) bond motifs is 1. The Bertz CT molecular complexity index is 572. The zero-order chi connectivity index (χ0) is 14.5. The van der Waals surface area contributed by atoms with Crippen molar-refractivity contribution in [2.45, 2.75) is 24.3 Å². The first-order valence-electron chi connectivity index (χ1n) is 7.43. The van der Waals surface area contributed by atoms with E-state index in [1.807, 2.05) is 17.8 Å². The van der Waals surface area contributed by atoms with Crippen molar-refractivity contribution in [2.75, 3.05) is 12.4 Å². The molecule has 1 heterocycles. The van der Waals surface area contributed by atoms with Crippen LogP contribution in [-0.2, 0) is 12.2 Å². The minimum absolute atomic E-state index is 0.101. The largest absolute Gasteiger partial charge is 0.395 e. The Hall–Kier alpha value is -1.29. The molecule has 2 aromatic carbocycles. The molecule has 0 amide bonds. The molecule has 1 aliphatic heterocycles. The number of thioether (sulfide) groups is 1. The second-order valence-corrected chi connectivity index (χ2v) is 6.53. The lowest BCUT2D eigenvalue weighted by Crippen LogP contribution is -2.39. The van der Waals surface area contributed by atoms with Crippen molar-refractivity contribution in [1.29, 1.82) is 0 Å². The highest BCUT2D eigenvalue weighted by atomic mass is 32.2. The number of aliphatic hydroxyl groups is 1. The van der Waals surface area contributed by atoms with E-state index in [0.29, 0.717) is 6.04 Å². The second kappa shape index (κ2) is 7.12. The first-order chi connectivity index (χ1) is 10.4. The quantitative estimate of drug-likeness (QED) is 0.889. The lowest BCUT2D eigenvalue weighted by Gasteiger charge is -2.29. The van der Waals surface area contributed by atoms with E-state index >= 15 is 0 Å². The first kappa shape index (κ1) is 14.6. The van der Waals surface area contributed by atoms with Crippen molar-refractivity contribution in [3.8, 4) is 0 Å². The molecule has 21 heavy (non-hydrogen) atoms. The van der Waals surface area contributed by atoms with Crippen LogP contribution in [0.25, 0.3) is 0 Å². The van der Waals surface area contributed by atoms with Gasteiger partial charge in [-0.05, 0) is 23.1 Å². The molecule has 0 aromatic heterocycles. The molecule has 3 heteroatoms. The number of rotatable bonds is 5. The molecule has 0 saturated heterocycles. The van der Waals surface area contributed by atoms with E-state index in [2.05, 4.69) is 53.8 Å². The summed E-state index contributed by atoms with van der Waals surface area (Å²) in [7, 11) is 0. The summed E-state index contributed by atoms with van der Waals surface area (Å²) < 4.78 is 0. The lowest BCUT2D eigenvalue weighted by molar-refractivity contribution is 0.233. The SMILES string of the molecule is OC[C@H](Cc1ccccc1)NC1CSCc2ccccc21. The van der Waals surface area contributed by atoms with Gasteiger partial charge in [-0.3, -0.25) is 0 Å². The molecule has 110 valence electrons. The third kappa shape index (κ3) is 3.67. The van der Waals surface area contributed by atoms with Gasteiger partial charge in [0.05, 0.1) is 6.61 Å². The molecule has 1 aliphatic rings. The lowest BCUT2D eigenvalue weighted by atomic mass is 9.99. The van der Waals surface area contributed by atoms with E-state index in [-0.39, 0.29) is 12.6 Å². The monoisotopic (exact) mass is 299 g/mol. The topological polar surface area (TPSA) is 32.3 Å². The van der Waals surface area contributed by atoms with Gasteiger partial charge in [0.15, 0.2) is 0 Å². The predicted molar refractivity (Wildman–Crippen MR) is 89.5 cm³/mol. The van der Waals surface area contributed by atoms with E-state index in [0.717, 1.165) is 17.9 Å². The van der Waals surface area contributed by atoms with E-state index in [1.54, 1.807) is 0 Å². The predicted octanol–water partition coefficient (Wildman–Crippen LogP) is 3.17. The minimum atomic E-state index is 0.101. The van der Waals surface area contributed by atoms with Crippen LogP contribution in [-0.4, -0.2) is 23.5 Å². The van der Waals surface area contributed by atoms with Gasteiger partial charge in [-0.25, -0.2) is 0 Å². The van der Waals surface area contributed by atoms with Gasteiger partial charge in [0.2, 0.25) is 0 Å². The summed E-state index contributed by atoms with van der Waals surface area (Å²) in [4.78, 5) is 0. The molecule has 0 bridgehead atoms. The summed E-state index contributed by atoms with van der Waals surface area (Å²) >= 11 is 1.96. The van der Waals surface area contributed by atoms with E-state index < -0.39 is 0 Å². The maximum Gasteiger partial charge on any atom is 0.0588 e. The summed E-state index contributed by atoms with van der Waals surface area (Å²) in [5, 5.41) is 13.3. The summed E-state index contributed by atoms with van der Waals surface area (Å²) in [6.45, 7) is 0.165. The summed E-state index contributed by atoms with van der Waals surface area (Å²) in [6, 6.07) is 19.4. The van der Waals surface area contributed by atoms with Crippen LogP contribution in [0.5, 0.6) is 0 Å². The molecule has 0 aliphatic carbocycles. The van der Waals surface area contributed by atoms with Crippen LogP contribution in [0.2, 0.25) is 0 Å². The standard InChI is InChI=1S/C18H21NOS/c20-11-16(10-14-6-2-1-3-7-14)19-18-13-21-12-15-8-4-5-9-17(15)18/h1-9,16,18-20H,10-13H2/t16-,18?/m0/s1. The molecular weight excluding hydrogens is 278 g/mol. The Labute approximate surface area is 130 Å². The fourth-order valence-electron chi connectivity index (χ4n) is 2.88. The van der Waals surface area contributed by atoms with Crippen molar-refractivity contribution >= 4 is 11.8 Å². The van der Waals surface area contributed by atoms with Gasteiger partial charge < -0.3 is 10.4 Å². The Morgan fingerprint density at radius 1 is 1.10 bits per heavy atom. The second-order valence-electron chi connectivity index (χ2n) is 5.50. The van der Waals surface area contributed by atoms with E-state index in [1.165, 1.54) is 16.7 Å². The number of benzene rings is 2. The number of nitrogens with one attached hydrogen (secondary N) is 1. The van der Waals surface area contributed by atoms with Crippen molar-refractivity contribution < 1.29 is 5.11 Å². The van der Waals surface area contributed by atoms with Crippen LogP contribution in [0.4, 0.5) is 0 Å². The number of hydrogen-bond donors (Lipinski definition) is 2. The van der Waals surface area contributed by atoms with Crippen LogP contribution in [0.15, 0.2) is 54.6 Å². The van der Waals surface area contributed by atoms with Crippen LogP contribution in [0.1, 0.15) is 22.7 Å². The van der Waals surface area contributed by atoms with Crippen molar-refractivity contribution in [1.82, 2.24) is 5.32 Å². The Kier molecular flexibility index (Phi) is 4.96. The zero-order valence-corrected chi connectivity index (χ0v) is 12.9. The summed E-state index contributed by atoms with van der Waals surface area (Å²) in [5.41, 5.74) is 4.08. The molecule has 2 nitrogen and oxygen atoms in total. The highest BCUT2D eigenvalue weighted by Crippen LogP contribution is 2.31. The summed E-state index contributed by atoms with van der Waals surface area (Å²) in [6.07, 6.45) is 0.862. The van der Waals surface area contributed by atoms with Gasteiger partial charge in [0.25, 0.3) is 0 Å². The molecule has 2 atom stereocenters. The molecule has 1 unspecified atom stereocenters. The fourth-order valence-corrected chi connectivity index (χ4v) is 3.99. The first-order valence-corrected chi connectivity index (χ1v) is 8.58. The number of hydrogen-bond acceptors (Lipinski definition) is 3. The van der Waals surface area contributed by atoms with Gasteiger partial charge in [-0.1, -0.05) is 54.6 Å². The van der Waals surface area contributed by atoms with Crippen molar-refractivity contribution in [3.05, 3.63) is 71.3 Å². The zero-order valence-electron chi connectivity index (χ0n) is 12.0. The molecular formula is C18H21NOS. The Balaban J connectivity index is 1.70. The Morgan fingerprint density at radius 2 is 1.86 bits per heavy atom. The van der Waals surface area contributed by atoms with E-state index in [4.69, 9.17) is 0 Å². The maximum absolute atomic E-state index is 9.70. The highest BCUT2D eigenvalue weighted by molar-refractivity contribution is 7.98. The van der Waals surface area contributed by atoms with E-state index in [9.17, 15) is 5.11 Å². The van der Waals surface area contributed by atoms with Crippen LogP contribution >= 0.6 is 11.8 Å². The average Bonchev–Trinajstić information content (AvgIpc) is 2.55. The third-order valence-corrected chi connectivity index (χ3v) is 5.04. The number of aliphatic hydroxyl groups excluding tert-OH is 1. The maximum atomic E-state index is 9.70. The van der Waals surface area contributed by atoms with Crippen LogP contribution in [0, 0.1) is 0 Å². The van der Waals surface area contributed by atoms with Gasteiger partial charge in [0.1, 0.15) is 0 Å². The van der Waals surface area contributed by atoms with Crippen molar-refractivity contribution in [2.24, 2.45) is 0 Å².